The van der Waals surface area contributed by atoms with Crippen LogP contribution in [0, 0.1) is 12.8 Å². The van der Waals surface area contributed by atoms with Crippen LogP contribution in [0.25, 0.3) is 0 Å². The minimum absolute atomic E-state index is 0.451. The van der Waals surface area contributed by atoms with Crippen LogP contribution in [-0.2, 0) is 0 Å². The van der Waals surface area contributed by atoms with Gasteiger partial charge in [0.15, 0.2) is 6.29 Å². The molecule has 3 heteroatoms. The van der Waals surface area contributed by atoms with Gasteiger partial charge in [-0.25, -0.2) is 9.97 Å². The highest BCUT2D eigenvalue weighted by molar-refractivity contribution is 5.71. The zero-order chi connectivity index (χ0) is 12.3. The number of hydrogen-bond acceptors (Lipinski definition) is 3. The highest BCUT2D eigenvalue weighted by Crippen LogP contribution is 2.36. The van der Waals surface area contributed by atoms with Gasteiger partial charge in [0.2, 0.25) is 0 Å². The average molecular weight is 232 g/mol. The van der Waals surface area contributed by atoms with E-state index in [9.17, 15) is 4.79 Å². The normalized spacial score (nSPS) is 24.6. The molecule has 0 aromatic carbocycles. The monoisotopic (exact) mass is 232 g/mol. The summed E-state index contributed by atoms with van der Waals surface area (Å²) in [7, 11) is 0. The van der Waals surface area contributed by atoms with Gasteiger partial charge in [-0.2, -0.15) is 0 Å². The molecule has 92 valence electrons. The molecule has 2 unspecified atom stereocenters. The number of carbonyl (C=O) groups excluding carboxylic acids is 1. The van der Waals surface area contributed by atoms with Crippen molar-refractivity contribution in [2.24, 2.45) is 5.92 Å². The fourth-order valence-corrected chi connectivity index (χ4v) is 2.76. The minimum atomic E-state index is 0.451. The summed E-state index contributed by atoms with van der Waals surface area (Å²) in [4.78, 5) is 19.7. The molecule has 1 saturated carbocycles. The lowest BCUT2D eigenvalue weighted by molar-refractivity contribution is 0.111. The SMILES string of the molecule is CCC1CCCC(c2nc(C)cc(C=O)n2)C1. The molecule has 0 N–H and O–H groups in total. The Morgan fingerprint density at radius 3 is 2.94 bits per heavy atom. The molecule has 0 bridgehead atoms. The van der Waals surface area contributed by atoms with E-state index in [1.54, 1.807) is 6.07 Å². The van der Waals surface area contributed by atoms with E-state index < -0.39 is 0 Å². The van der Waals surface area contributed by atoms with Crippen molar-refractivity contribution in [2.45, 2.75) is 51.9 Å². The Hall–Kier alpha value is -1.25. The zero-order valence-electron chi connectivity index (χ0n) is 10.6. The van der Waals surface area contributed by atoms with Crippen molar-refractivity contribution in [1.29, 1.82) is 0 Å². The molecule has 1 aliphatic carbocycles. The van der Waals surface area contributed by atoms with Crippen LogP contribution in [0.4, 0.5) is 0 Å². The Balaban J connectivity index is 2.20. The van der Waals surface area contributed by atoms with Crippen LogP contribution in [-0.4, -0.2) is 16.3 Å². The van der Waals surface area contributed by atoms with Crippen LogP contribution in [0.2, 0.25) is 0 Å². The lowest BCUT2D eigenvalue weighted by Crippen LogP contribution is -2.16. The number of nitrogens with zero attached hydrogens (tertiary/aromatic N) is 2. The van der Waals surface area contributed by atoms with Gasteiger partial charge in [-0.15, -0.1) is 0 Å². The molecule has 2 rings (SSSR count). The maximum atomic E-state index is 10.8. The second-order valence-electron chi connectivity index (χ2n) is 5.05. The molecule has 0 spiro atoms. The molecular weight excluding hydrogens is 212 g/mol. The molecular formula is C14H20N2O. The van der Waals surface area contributed by atoms with E-state index >= 15 is 0 Å². The highest BCUT2D eigenvalue weighted by atomic mass is 16.1. The topological polar surface area (TPSA) is 42.9 Å². The van der Waals surface area contributed by atoms with Crippen molar-refractivity contribution in [3.05, 3.63) is 23.3 Å². The number of aldehydes is 1. The van der Waals surface area contributed by atoms with Crippen LogP contribution >= 0.6 is 0 Å². The van der Waals surface area contributed by atoms with Crippen LogP contribution in [0.3, 0.4) is 0 Å². The van der Waals surface area contributed by atoms with Crippen LogP contribution in [0.15, 0.2) is 6.07 Å². The number of aromatic nitrogens is 2. The van der Waals surface area contributed by atoms with E-state index in [0.717, 1.165) is 30.1 Å². The standard InChI is InChI=1S/C14H20N2O/c1-3-11-5-4-6-12(8-11)14-15-10(2)7-13(9-17)16-14/h7,9,11-12H,3-6,8H2,1-2H3. The summed E-state index contributed by atoms with van der Waals surface area (Å²) < 4.78 is 0. The van der Waals surface area contributed by atoms with Crippen LogP contribution in [0.1, 0.15) is 67.0 Å². The van der Waals surface area contributed by atoms with E-state index in [0.29, 0.717) is 11.6 Å². The van der Waals surface area contributed by atoms with Gasteiger partial charge >= 0.3 is 0 Å². The van der Waals surface area contributed by atoms with Gasteiger partial charge in [0, 0.05) is 11.6 Å². The van der Waals surface area contributed by atoms with Crippen LogP contribution < -0.4 is 0 Å². The van der Waals surface area contributed by atoms with Gasteiger partial charge in [0.1, 0.15) is 11.5 Å². The first-order chi connectivity index (χ1) is 8.22. The van der Waals surface area contributed by atoms with Crippen molar-refractivity contribution in [3.63, 3.8) is 0 Å². The third-order valence-electron chi connectivity index (χ3n) is 3.74. The van der Waals surface area contributed by atoms with Gasteiger partial charge in [0.25, 0.3) is 0 Å². The molecule has 1 aliphatic rings. The lowest BCUT2D eigenvalue weighted by Gasteiger charge is -2.27. The fraction of sp³-hybridized carbons (Fsp3) is 0.643. The molecule has 0 aliphatic heterocycles. The number of hydrogen-bond donors (Lipinski definition) is 0. The Morgan fingerprint density at radius 2 is 2.24 bits per heavy atom. The molecule has 0 radical (unpaired) electrons. The van der Waals surface area contributed by atoms with Crippen molar-refractivity contribution in [1.82, 2.24) is 9.97 Å². The van der Waals surface area contributed by atoms with Crippen molar-refractivity contribution in [3.8, 4) is 0 Å². The Labute approximate surface area is 103 Å². The molecule has 0 saturated heterocycles. The van der Waals surface area contributed by atoms with E-state index in [4.69, 9.17) is 0 Å². The molecule has 1 fully saturated rings. The lowest BCUT2D eigenvalue weighted by atomic mass is 9.80. The van der Waals surface area contributed by atoms with Gasteiger partial charge in [-0.1, -0.05) is 26.2 Å². The van der Waals surface area contributed by atoms with E-state index in [1.807, 2.05) is 6.92 Å². The first-order valence-electron chi connectivity index (χ1n) is 6.53. The largest absolute Gasteiger partial charge is 0.296 e. The molecule has 2 atom stereocenters. The summed E-state index contributed by atoms with van der Waals surface area (Å²) in [6.45, 7) is 4.18. The summed E-state index contributed by atoms with van der Waals surface area (Å²) >= 11 is 0. The quantitative estimate of drug-likeness (QED) is 0.751. The summed E-state index contributed by atoms with van der Waals surface area (Å²) in [6.07, 6.45) is 6.99. The summed E-state index contributed by atoms with van der Waals surface area (Å²) in [5, 5.41) is 0. The second kappa shape index (κ2) is 5.39. The minimum Gasteiger partial charge on any atom is -0.296 e. The smallest absolute Gasteiger partial charge is 0.168 e. The zero-order valence-corrected chi connectivity index (χ0v) is 10.6. The molecule has 1 aromatic heterocycles. The van der Waals surface area contributed by atoms with Gasteiger partial charge in [-0.05, 0) is 31.7 Å². The predicted molar refractivity (Wildman–Crippen MR) is 67.1 cm³/mol. The molecule has 3 nitrogen and oxygen atoms in total. The summed E-state index contributed by atoms with van der Waals surface area (Å²) in [6, 6.07) is 1.75. The summed E-state index contributed by atoms with van der Waals surface area (Å²) in [5.41, 5.74) is 1.42. The summed E-state index contributed by atoms with van der Waals surface area (Å²) in [5.74, 6) is 2.13. The molecule has 17 heavy (non-hydrogen) atoms. The van der Waals surface area contributed by atoms with Crippen molar-refractivity contribution < 1.29 is 4.79 Å². The average Bonchev–Trinajstić information content (AvgIpc) is 2.38. The van der Waals surface area contributed by atoms with Gasteiger partial charge in [-0.3, -0.25) is 4.79 Å². The molecule has 1 heterocycles. The second-order valence-corrected chi connectivity index (χ2v) is 5.05. The van der Waals surface area contributed by atoms with Gasteiger partial charge < -0.3 is 0 Å². The fourth-order valence-electron chi connectivity index (χ4n) is 2.76. The first kappa shape index (κ1) is 12.2. The van der Waals surface area contributed by atoms with E-state index in [-0.39, 0.29) is 0 Å². The van der Waals surface area contributed by atoms with E-state index in [2.05, 4.69) is 16.9 Å². The predicted octanol–water partition coefficient (Wildman–Crippen LogP) is 3.28. The highest BCUT2D eigenvalue weighted by Gasteiger charge is 2.24. The van der Waals surface area contributed by atoms with Crippen molar-refractivity contribution >= 4 is 6.29 Å². The first-order valence-corrected chi connectivity index (χ1v) is 6.53. The van der Waals surface area contributed by atoms with Crippen molar-refractivity contribution in [2.75, 3.05) is 0 Å². The maximum absolute atomic E-state index is 10.8. The Kier molecular flexibility index (Phi) is 3.87. The Bertz CT molecular complexity index is 403. The number of aryl methyl sites for hydroxylation is 1. The third kappa shape index (κ3) is 2.90. The molecule has 1 aromatic rings. The Morgan fingerprint density at radius 1 is 1.41 bits per heavy atom. The van der Waals surface area contributed by atoms with E-state index in [1.165, 1.54) is 25.7 Å². The molecule has 0 amide bonds. The number of carbonyl (C=O) groups is 1. The van der Waals surface area contributed by atoms with Gasteiger partial charge in [0.05, 0.1) is 0 Å². The maximum Gasteiger partial charge on any atom is 0.168 e. The number of rotatable bonds is 3. The third-order valence-corrected chi connectivity index (χ3v) is 3.74. The van der Waals surface area contributed by atoms with Crippen LogP contribution in [0.5, 0.6) is 0 Å².